The second-order valence-corrected chi connectivity index (χ2v) is 5.42. The number of carbonyl (C=O) groups excluding carboxylic acids is 1. The zero-order valence-electron chi connectivity index (χ0n) is 12.1. The SMILES string of the molecule is NC(=O)c1noc(C2CCCN2Cc2ccc(CO)cc2)n1. The van der Waals surface area contributed by atoms with Crippen molar-refractivity contribution in [3.63, 3.8) is 0 Å². The summed E-state index contributed by atoms with van der Waals surface area (Å²) in [4.78, 5) is 17.4. The van der Waals surface area contributed by atoms with Gasteiger partial charge in [-0.2, -0.15) is 4.98 Å². The van der Waals surface area contributed by atoms with Crippen LogP contribution in [0.3, 0.4) is 0 Å². The molecule has 1 aromatic carbocycles. The fourth-order valence-electron chi connectivity index (χ4n) is 2.75. The number of nitrogens with zero attached hydrogens (tertiary/aromatic N) is 3. The van der Waals surface area contributed by atoms with Crippen molar-refractivity contribution in [2.45, 2.75) is 32.0 Å². The van der Waals surface area contributed by atoms with Crippen LogP contribution in [-0.4, -0.2) is 32.6 Å². The summed E-state index contributed by atoms with van der Waals surface area (Å²) in [6.45, 7) is 1.73. The van der Waals surface area contributed by atoms with Crippen molar-refractivity contribution in [2.75, 3.05) is 6.54 Å². The Morgan fingerprint density at radius 2 is 2.09 bits per heavy atom. The zero-order chi connectivity index (χ0) is 15.5. The predicted molar refractivity (Wildman–Crippen MR) is 77.6 cm³/mol. The van der Waals surface area contributed by atoms with Gasteiger partial charge in [-0.15, -0.1) is 0 Å². The molecule has 1 aromatic heterocycles. The van der Waals surface area contributed by atoms with Crippen LogP contribution in [0.1, 0.15) is 46.5 Å². The third-order valence-electron chi connectivity index (χ3n) is 3.90. The summed E-state index contributed by atoms with van der Waals surface area (Å²) in [6.07, 6.45) is 1.95. The molecule has 22 heavy (non-hydrogen) atoms. The summed E-state index contributed by atoms with van der Waals surface area (Å²) in [5, 5.41) is 12.7. The van der Waals surface area contributed by atoms with Gasteiger partial charge < -0.3 is 15.4 Å². The van der Waals surface area contributed by atoms with E-state index in [4.69, 9.17) is 15.4 Å². The number of likely N-dealkylation sites (tertiary alicyclic amines) is 1. The molecule has 2 aromatic rings. The smallest absolute Gasteiger partial charge is 0.290 e. The van der Waals surface area contributed by atoms with Gasteiger partial charge in [-0.05, 0) is 30.5 Å². The van der Waals surface area contributed by atoms with Gasteiger partial charge in [-0.3, -0.25) is 9.69 Å². The number of primary amides is 1. The van der Waals surface area contributed by atoms with Gasteiger partial charge in [-0.25, -0.2) is 0 Å². The average Bonchev–Trinajstić information content (AvgIpc) is 3.16. The minimum absolute atomic E-state index is 0.0121. The summed E-state index contributed by atoms with van der Waals surface area (Å²) in [5.74, 6) is -0.313. The molecule has 3 rings (SSSR count). The Bertz CT molecular complexity index is 653. The van der Waals surface area contributed by atoms with Crippen molar-refractivity contribution in [2.24, 2.45) is 5.73 Å². The summed E-state index contributed by atoms with van der Waals surface area (Å²) in [5.41, 5.74) is 7.20. The van der Waals surface area contributed by atoms with E-state index in [-0.39, 0.29) is 18.5 Å². The minimum Gasteiger partial charge on any atom is -0.392 e. The van der Waals surface area contributed by atoms with Gasteiger partial charge in [0, 0.05) is 6.54 Å². The zero-order valence-corrected chi connectivity index (χ0v) is 12.1. The molecule has 1 fully saturated rings. The molecule has 1 unspecified atom stereocenters. The standard InChI is InChI=1S/C15H18N4O3/c16-13(21)14-17-15(22-18-14)12-2-1-7-19(12)8-10-3-5-11(9-20)6-4-10/h3-6,12,20H,1-2,7-9H2,(H2,16,21). The Labute approximate surface area is 127 Å². The Hall–Kier alpha value is -2.25. The van der Waals surface area contributed by atoms with Crippen LogP contribution in [0.4, 0.5) is 0 Å². The minimum atomic E-state index is -0.681. The quantitative estimate of drug-likeness (QED) is 0.853. The van der Waals surface area contributed by atoms with Crippen LogP contribution in [0.5, 0.6) is 0 Å². The number of benzene rings is 1. The van der Waals surface area contributed by atoms with Crippen molar-refractivity contribution < 1.29 is 14.4 Å². The fourth-order valence-corrected chi connectivity index (χ4v) is 2.75. The summed E-state index contributed by atoms with van der Waals surface area (Å²) in [6, 6.07) is 7.85. The molecular formula is C15H18N4O3. The highest BCUT2D eigenvalue weighted by Gasteiger charge is 2.31. The van der Waals surface area contributed by atoms with Crippen molar-refractivity contribution in [1.82, 2.24) is 15.0 Å². The number of hydrogen-bond acceptors (Lipinski definition) is 6. The molecule has 7 nitrogen and oxygen atoms in total. The molecule has 116 valence electrons. The van der Waals surface area contributed by atoms with Crippen molar-refractivity contribution in [1.29, 1.82) is 0 Å². The Balaban J connectivity index is 1.73. The number of hydrogen-bond donors (Lipinski definition) is 2. The van der Waals surface area contributed by atoms with E-state index >= 15 is 0 Å². The van der Waals surface area contributed by atoms with E-state index in [0.717, 1.165) is 37.1 Å². The molecule has 1 aliphatic heterocycles. The van der Waals surface area contributed by atoms with Gasteiger partial charge >= 0.3 is 0 Å². The van der Waals surface area contributed by atoms with Gasteiger partial charge in [0.05, 0.1) is 12.6 Å². The number of aliphatic hydroxyl groups excluding tert-OH is 1. The van der Waals surface area contributed by atoms with E-state index in [2.05, 4.69) is 15.0 Å². The molecule has 7 heteroatoms. The van der Waals surface area contributed by atoms with Crippen molar-refractivity contribution in [3.05, 3.63) is 47.1 Å². The van der Waals surface area contributed by atoms with Gasteiger partial charge in [0.2, 0.25) is 5.89 Å². The van der Waals surface area contributed by atoms with Crippen LogP contribution < -0.4 is 5.73 Å². The lowest BCUT2D eigenvalue weighted by Crippen LogP contribution is -2.23. The van der Waals surface area contributed by atoms with Crippen LogP contribution in [0.25, 0.3) is 0 Å². The topological polar surface area (TPSA) is 105 Å². The van der Waals surface area contributed by atoms with Gasteiger partial charge in [0.15, 0.2) is 0 Å². The number of amides is 1. The normalized spacial score (nSPS) is 18.7. The molecule has 0 radical (unpaired) electrons. The molecule has 1 saturated heterocycles. The first kappa shape index (κ1) is 14.7. The molecule has 1 amide bonds. The van der Waals surface area contributed by atoms with E-state index in [9.17, 15) is 4.79 Å². The molecule has 0 bridgehead atoms. The van der Waals surface area contributed by atoms with Crippen LogP contribution in [0.15, 0.2) is 28.8 Å². The first-order valence-corrected chi connectivity index (χ1v) is 7.23. The number of nitrogens with two attached hydrogens (primary N) is 1. The van der Waals surface area contributed by atoms with Crippen LogP contribution in [0.2, 0.25) is 0 Å². The number of rotatable bonds is 5. The first-order valence-electron chi connectivity index (χ1n) is 7.23. The lowest BCUT2D eigenvalue weighted by atomic mass is 10.1. The van der Waals surface area contributed by atoms with E-state index in [1.165, 1.54) is 0 Å². The molecular weight excluding hydrogens is 284 g/mol. The van der Waals surface area contributed by atoms with Crippen LogP contribution in [-0.2, 0) is 13.2 Å². The summed E-state index contributed by atoms with van der Waals surface area (Å²) < 4.78 is 5.18. The molecule has 0 aliphatic carbocycles. The Kier molecular flexibility index (Phi) is 4.17. The van der Waals surface area contributed by atoms with Crippen molar-refractivity contribution in [3.8, 4) is 0 Å². The van der Waals surface area contributed by atoms with E-state index in [0.29, 0.717) is 5.89 Å². The second kappa shape index (κ2) is 6.25. The fraction of sp³-hybridized carbons (Fsp3) is 0.400. The lowest BCUT2D eigenvalue weighted by molar-refractivity contribution is 0.0987. The van der Waals surface area contributed by atoms with Crippen molar-refractivity contribution >= 4 is 5.91 Å². The van der Waals surface area contributed by atoms with E-state index < -0.39 is 5.91 Å². The van der Waals surface area contributed by atoms with E-state index in [1.807, 2.05) is 24.3 Å². The van der Waals surface area contributed by atoms with Crippen LogP contribution >= 0.6 is 0 Å². The average molecular weight is 302 g/mol. The lowest BCUT2D eigenvalue weighted by Gasteiger charge is -2.21. The molecule has 2 heterocycles. The largest absolute Gasteiger partial charge is 0.392 e. The highest BCUT2D eigenvalue weighted by Crippen LogP contribution is 2.32. The summed E-state index contributed by atoms with van der Waals surface area (Å²) in [7, 11) is 0. The van der Waals surface area contributed by atoms with Gasteiger partial charge in [0.25, 0.3) is 11.7 Å². The van der Waals surface area contributed by atoms with Gasteiger partial charge in [0.1, 0.15) is 0 Å². The number of aliphatic hydroxyl groups is 1. The first-order chi connectivity index (χ1) is 10.7. The highest BCUT2D eigenvalue weighted by molar-refractivity contribution is 5.88. The molecule has 1 atom stereocenters. The maximum absolute atomic E-state index is 11.1. The van der Waals surface area contributed by atoms with E-state index in [1.54, 1.807) is 0 Å². The highest BCUT2D eigenvalue weighted by atomic mass is 16.5. The van der Waals surface area contributed by atoms with Gasteiger partial charge in [-0.1, -0.05) is 29.4 Å². The maximum atomic E-state index is 11.1. The summed E-state index contributed by atoms with van der Waals surface area (Å²) >= 11 is 0. The second-order valence-electron chi connectivity index (χ2n) is 5.42. The third-order valence-corrected chi connectivity index (χ3v) is 3.90. The predicted octanol–water partition coefficient (Wildman–Crippen LogP) is 0.998. The number of aromatic nitrogens is 2. The molecule has 0 spiro atoms. The van der Waals surface area contributed by atoms with Crippen LogP contribution in [0, 0.1) is 0 Å². The maximum Gasteiger partial charge on any atom is 0.290 e. The number of carbonyl (C=O) groups is 1. The monoisotopic (exact) mass is 302 g/mol. The molecule has 1 aliphatic rings. The molecule has 3 N–H and O–H groups in total. The molecule has 0 saturated carbocycles. The Morgan fingerprint density at radius 3 is 2.73 bits per heavy atom. The Morgan fingerprint density at radius 1 is 1.36 bits per heavy atom. The third kappa shape index (κ3) is 3.00.